The SMILES string of the molecule is COCCN(CC(=O)Nc1cccc(C)c1C)C(=O)c1ccc2cc(OC)ccc2n1. The maximum atomic E-state index is 13.1. The maximum absolute atomic E-state index is 13.1. The molecule has 162 valence electrons. The summed E-state index contributed by atoms with van der Waals surface area (Å²) in [6.45, 7) is 4.43. The van der Waals surface area contributed by atoms with Crippen LogP contribution in [0, 0.1) is 13.8 Å². The van der Waals surface area contributed by atoms with Crippen molar-refractivity contribution in [2.24, 2.45) is 0 Å². The Balaban J connectivity index is 1.79. The van der Waals surface area contributed by atoms with Crippen LogP contribution < -0.4 is 10.1 Å². The van der Waals surface area contributed by atoms with E-state index < -0.39 is 0 Å². The minimum atomic E-state index is -0.328. The smallest absolute Gasteiger partial charge is 0.273 e. The first-order valence-corrected chi connectivity index (χ1v) is 10.0. The average Bonchev–Trinajstić information content (AvgIpc) is 2.78. The van der Waals surface area contributed by atoms with Crippen LogP contribution in [0.25, 0.3) is 10.9 Å². The number of aryl methyl sites for hydroxylation is 1. The van der Waals surface area contributed by atoms with E-state index in [-0.39, 0.29) is 30.6 Å². The molecular weight excluding hydrogens is 394 g/mol. The number of amides is 2. The number of carbonyl (C=O) groups is 2. The summed E-state index contributed by atoms with van der Waals surface area (Å²) in [5, 5.41) is 3.77. The molecule has 2 amide bonds. The quantitative estimate of drug-likeness (QED) is 0.601. The number of nitrogens with zero attached hydrogens (tertiary/aromatic N) is 2. The number of aromatic nitrogens is 1. The van der Waals surface area contributed by atoms with Gasteiger partial charge in [0.05, 0.1) is 19.2 Å². The molecule has 3 aromatic rings. The van der Waals surface area contributed by atoms with E-state index in [1.807, 2.05) is 44.2 Å². The Kier molecular flexibility index (Phi) is 7.20. The molecule has 0 aliphatic carbocycles. The lowest BCUT2D eigenvalue weighted by atomic mass is 10.1. The van der Waals surface area contributed by atoms with E-state index in [1.165, 1.54) is 4.90 Å². The zero-order chi connectivity index (χ0) is 22.4. The van der Waals surface area contributed by atoms with Crippen LogP contribution in [0.2, 0.25) is 0 Å². The summed E-state index contributed by atoms with van der Waals surface area (Å²) in [6.07, 6.45) is 0. The summed E-state index contributed by atoms with van der Waals surface area (Å²) in [7, 11) is 3.16. The van der Waals surface area contributed by atoms with E-state index in [2.05, 4.69) is 10.3 Å². The van der Waals surface area contributed by atoms with Gasteiger partial charge in [0, 0.05) is 24.7 Å². The molecule has 2 aromatic carbocycles. The molecule has 3 rings (SSSR count). The van der Waals surface area contributed by atoms with Gasteiger partial charge in [-0.2, -0.15) is 0 Å². The fraction of sp³-hybridized carbons (Fsp3) is 0.292. The third-order valence-electron chi connectivity index (χ3n) is 5.18. The number of fused-ring (bicyclic) bond motifs is 1. The van der Waals surface area contributed by atoms with Crippen molar-refractivity contribution in [3.05, 3.63) is 65.4 Å². The third-order valence-corrected chi connectivity index (χ3v) is 5.18. The standard InChI is InChI=1S/C24H27N3O4/c1-16-6-5-7-20(17(16)2)26-23(28)15-27(12-13-30-3)24(29)22-10-8-18-14-19(31-4)9-11-21(18)25-22/h5-11,14H,12-13,15H2,1-4H3,(H,26,28). The van der Waals surface area contributed by atoms with E-state index in [0.29, 0.717) is 12.1 Å². The summed E-state index contributed by atoms with van der Waals surface area (Å²) >= 11 is 0. The van der Waals surface area contributed by atoms with Gasteiger partial charge in [0.15, 0.2) is 0 Å². The van der Waals surface area contributed by atoms with Gasteiger partial charge < -0.3 is 19.7 Å². The number of ether oxygens (including phenoxy) is 2. The first-order chi connectivity index (χ1) is 14.9. The van der Waals surface area contributed by atoms with Crippen molar-refractivity contribution in [2.75, 3.05) is 39.2 Å². The number of methoxy groups -OCH3 is 2. The lowest BCUT2D eigenvalue weighted by Crippen LogP contribution is -2.40. The molecule has 0 fully saturated rings. The molecule has 0 unspecified atom stereocenters. The third kappa shape index (κ3) is 5.38. The zero-order valence-corrected chi connectivity index (χ0v) is 18.3. The first-order valence-electron chi connectivity index (χ1n) is 10.0. The average molecular weight is 421 g/mol. The van der Waals surface area contributed by atoms with Crippen LogP contribution in [0.3, 0.4) is 0 Å². The molecule has 31 heavy (non-hydrogen) atoms. The van der Waals surface area contributed by atoms with Crippen LogP contribution in [-0.2, 0) is 9.53 Å². The fourth-order valence-corrected chi connectivity index (χ4v) is 3.22. The lowest BCUT2D eigenvalue weighted by molar-refractivity contribution is -0.117. The van der Waals surface area contributed by atoms with Crippen molar-refractivity contribution in [3.8, 4) is 5.75 Å². The molecule has 7 heteroatoms. The number of hydrogen-bond acceptors (Lipinski definition) is 5. The first kappa shape index (κ1) is 22.2. The van der Waals surface area contributed by atoms with Crippen molar-refractivity contribution < 1.29 is 19.1 Å². The molecule has 0 radical (unpaired) electrons. The van der Waals surface area contributed by atoms with Crippen molar-refractivity contribution >= 4 is 28.4 Å². The van der Waals surface area contributed by atoms with Crippen LogP contribution >= 0.6 is 0 Å². The topological polar surface area (TPSA) is 80.8 Å². The second kappa shape index (κ2) is 10.0. The highest BCUT2D eigenvalue weighted by molar-refractivity contribution is 5.99. The van der Waals surface area contributed by atoms with Gasteiger partial charge in [-0.1, -0.05) is 18.2 Å². The molecule has 1 N–H and O–H groups in total. The van der Waals surface area contributed by atoms with Gasteiger partial charge in [-0.15, -0.1) is 0 Å². The molecule has 0 saturated carbocycles. The van der Waals surface area contributed by atoms with Crippen LogP contribution in [-0.4, -0.2) is 55.6 Å². The summed E-state index contributed by atoms with van der Waals surface area (Å²) in [5.41, 5.74) is 3.77. The van der Waals surface area contributed by atoms with Gasteiger partial charge >= 0.3 is 0 Å². The highest BCUT2D eigenvalue weighted by Crippen LogP contribution is 2.20. The highest BCUT2D eigenvalue weighted by atomic mass is 16.5. The second-order valence-corrected chi connectivity index (χ2v) is 7.27. The molecule has 1 aromatic heterocycles. The van der Waals surface area contributed by atoms with Gasteiger partial charge in [-0.25, -0.2) is 4.98 Å². The molecule has 0 aliphatic rings. The minimum absolute atomic E-state index is 0.0993. The number of rotatable bonds is 8. The largest absolute Gasteiger partial charge is 0.497 e. The maximum Gasteiger partial charge on any atom is 0.273 e. The van der Waals surface area contributed by atoms with Gasteiger partial charge in [0.2, 0.25) is 5.91 Å². The van der Waals surface area contributed by atoms with Crippen molar-refractivity contribution in [1.82, 2.24) is 9.88 Å². The molecule has 0 spiro atoms. The Morgan fingerprint density at radius 2 is 1.87 bits per heavy atom. The molecule has 0 aliphatic heterocycles. The Morgan fingerprint density at radius 1 is 1.06 bits per heavy atom. The molecular formula is C24H27N3O4. The van der Waals surface area contributed by atoms with Crippen LogP contribution in [0.5, 0.6) is 5.75 Å². The van der Waals surface area contributed by atoms with E-state index >= 15 is 0 Å². The monoisotopic (exact) mass is 421 g/mol. The normalized spacial score (nSPS) is 10.7. The number of benzene rings is 2. The second-order valence-electron chi connectivity index (χ2n) is 7.27. The summed E-state index contributed by atoms with van der Waals surface area (Å²) in [4.78, 5) is 31.7. The Hall–Kier alpha value is -3.45. The zero-order valence-electron chi connectivity index (χ0n) is 18.3. The van der Waals surface area contributed by atoms with Crippen molar-refractivity contribution in [1.29, 1.82) is 0 Å². The van der Waals surface area contributed by atoms with Gasteiger partial charge in [-0.3, -0.25) is 9.59 Å². The Morgan fingerprint density at radius 3 is 2.61 bits per heavy atom. The van der Waals surface area contributed by atoms with E-state index in [4.69, 9.17) is 9.47 Å². The number of hydrogen-bond donors (Lipinski definition) is 1. The van der Waals surface area contributed by atoms with E-state index in [0.717, 1.165) is 28.0 Å². The summed E-state index contributed by atoms with van der Waals surface area (Å²) in [5.74, 6) is 0.118. The van der Waals surface area contributed by atoms with Crippen molar-refractivity contribution in [3.63, 3.8) is 0 Å². The molecule has 0 bridgehead atoms. The van der Waals surface area contributed by atoms with Gasteiger partial charge in [-0.05, 0) is 55.3 Å². The lowest BCUT2D eigenvalue weighted by Gasteiger charge is -2.22. The number of nitrogens with one attached hydrogen (secondary N) is 1. The van der Waals surface area contributed by atoms with Crippen LogP contribution in [0.1, 0.15) is 21.6 Å². The Bertz CT molecular complexity index is 1100. The highest BCUT2D eigenvalue weighted by Gasteiger charge is 2.21. The van der Waals surface area contributed by atoms with Crippen molar-refractivity contribution in [2.45, 2.75) is 13.8 Å². The molecule has 0 saturated heterocycles. The predicted octanol–water partition coefficient (Wildman–Crippen LogP) is 3.59. The number of anilines is 1. The van der Waals surface area contributed by atoms with E-state index in [9.17, 15) is 9.59 Å². The fourth-order valence-electron chi connectivity index (χ4n) is 3.22. The predicted molar refractivity (Wildman–Crippen MR) is 121 cm³/mol. The molecule has 7 nitrogen and oxygen atoms in total. The van der Waals surface area contributed by atoms with Gasteiger partial charge in [0.25, 0.3) is 5.91 Å². The van der Waals surface area contributed by atoms with Crippen LogP contribution in [0.4, 0.5) is 5.69 Å². The number of carbonyl (C=O) groups excluding carboxylic acids is 2. The van der Waals surface area contributed by atoms with Gasteiger partial charge in [0.1, 0.15) is 18.0 Å². The van der Waals surface area contributed by atoms with E-state index in [1.54, 1.807) is 32.4 Å². The molecule has 0 atom stereocenters. The molecule has 1 heterocycles. The Labute approximate surface area is 182 Å². The summed E-state index contributed by atoms with van der Waals surface area (Å²) in [6, 6.07) is 14.7. The van der Waals surface area contributed by atoms with Crippen LogP contribution in [0.15, 0.2) is 48.5 Å². The summed E-state index contributed by atoms with van der Waals surface area (Å²) < 4.78 is 10.4. The number of pyridine rings is 1. The minimum Gasteiger partial charge on any atom is -0.497 e.